The van der Waals surface area contributed by atoms with Gasteiger partial charge in [0.1, 0.15) is 4.90 Å². The predicted molar refractivity (Wildman–Crippen MR) is 79.9 cm³/mol. The molecular formula is C12H22N6O2S. The molecule has 1 aliphatic rings. The number of nitrogen functional groups attached to an aromatic ring is 1. The van der Waals surface area contributed by atoms with E-state index in [9.17, 15) is 8.42 Å². The number of aromatic nitrogens is 2. The van der Waals surface area contributed by atoms with Crippen molar-refractivity contribution in [2.75, 3.05) is 31.6 Å². The molecule has 2 rings (SSSR count). The van der Waals surface area contributed by atoms with Gasteiger partial charge >= 0.3 is 0 Å². The lowest BCUT2D eigenvalue weighted by molar-refractivity contribution is 0.288. The first-order valence-electron chi connectivity index (χ1n) is 7.02. The van der Waals surface area contributed by atoms with E-state index in [1.165, 1.54) is 25.2 Å². The molecule has 9 heteroatoms. The van der Waals surface area contributed by atoms with Gasteiger partial charge in [0.15, 0.2) is 0 Å². The normalized spacial score (nSPS) is 17.8. The van der Waals surface area contributed by atoms with Crippen LogP contribution in [0.1, 0.15) is 19.8 Å². The highest BCUT2D eigenvalue weighted by atomic mass is 32.2. The van der Waals surface area contributed by atoms with Crippen LogP contribution in [0.25, 0.3) is 0 Å². The van der Waals surface area contributed by atoms with Gasteiger partial charge in [-0.2, -0.15) is 0 Å². The summed E-state index contributed by atoms with van der Waals surface area (Å²) in [6.07, 6.45) is 4.93. The Labute approximate surface area is 125 Å². The van der Waals surface area contributed by atoms with Gasteiger partial charge in [-0.25, -0.2) is 29.0 Å². The number of rotatable bonds is 7. The number of likely N-dealkylation sites (tertiary alicyclic amines) is 1. The van der Waals surface area contributed by atoms with Crippen LogP contribution in [0.5, 0.6) is 0 Å². The second-order valence-corrected chi connectivity index (χ2v) is 7.12. The molecule has 1 unspecified atom stereocenters. The van der Waals surface area contributed by atoms with Crippen molar-refractivity contribution in [1.82, 2.24) is 19.6 Å². The summed E-state index contributed by atoms with van der Waals surface area (Å²) in [5, 5.41) is 0. The molecular weight excluding hydrogens is 292 g/mol. The first-order valence-corrected chi connectivity index (χ1v) is 8.50. The molecule has 4 N–H and O–H groups in total. The summed E-state index contributed by atoms with van der Waals surface area (Å²) in [7, 11) is -3.58. The number of hydrogen-bond acceptors (Lipinski definition) is 7. The van der Waals surface area contributed by atoms with E-state index in [1.807, 2.05) is 6.92 Å². The third kappa shape index (κ3) is 4.60. The number of sulfonamides is 1. The summed E-state index contributed by atoms with van der Waals surface area (Å²) in [6, 6.07) is 0. The molecule has 118 valence electrons. The Bertz CT molecular complexity index is 541. The monoisotopic (exact) mass is 314 g/mol. The third-order valence-electron chi connectivity index (χ3n) is 3.46. The fraction of sp³-hybridized carbons (Fsp3) is 0.667. The number of nitrogens with one attached hydrogen (secondary N) is 2. The Morgan fingerprint density at radius 2 is 1.95 bits per heavy atom. The van der Waals surface area contributed by atoms with Crippen molar-refractivity contribution in [1.29, 1.82) is 0 Å². The first-order chi connectivity index (χ1) is 10.0. The van der Waals surface area contributed by atoms with Gasteiger partial charge < -0.3 is 4.90 Å². The number of hydrazine groups is 1. The smallest absolute Gasteiger partial charge is 0.243 e. The molecule has 0 amide bonds. The lowest BCUT2D eigenvalue weighted by Gasteiger charge is -2.20. The molecule has 0 saturated carbocycles. The maximum Gasteiger partial charge on any atom is 0.243 e. The van der Waals surface area contributed by atoms with E-state index in [4.69, 9.17) is 5.84 Å². The molecule has 0 aliphatic carbocycles. The van der Waals surface area contributed by atoms with Crippen LogP contribution in [0.15, 0.2) is 17.3 Å². The third-order valence-corrected chi connectivity index (χ3v) is 4.84. The standard InChI is InChI=1S/C12H22N6O2S/c1-10(9-18-4-2-3-5-18)6-16-21(19,20)11-7-14-12(17-13)15-8-11/h7-8,10,16H,2-6,9,13H2,1H3,(H,14,15,17). The number of hydrogen-bond donors (Lipinski definition) is 3. The summed E-state index contributed by atoms with van der Waals surface area (Å²) >= 11 is 0. The zero-order chi connectivity index (χ0) is 15.3. The fourth-order valence-corrected chi connectivity index (χ4v) is 3.39. The highest BCUT2D eigenvalue weighted by Gasteiger charge is 2.19. The molecule has 21 heavy (non-hydrogen) atoms. The highest BCUT2D eigenvalue weighted by molar-refractivity contribution is 7.89. The van der Waals surface area contributed by atoms with E-state index < -0.39 is 10.0 Å². The van der Waals surface area contributed by atoms with E-state index in [0.29, 0.717) is 6.54 Å². The first kappa shape index (κ1) is 16.1. The van der Waals surface area contributed by atoms with E-state index in [2.05, 4.69) is 25.0 Å². The second-order valence-electron chi connectivity index (χ2n) is 5.35. The Balaban J connectivity index is 1.87. The minimum Gasteiger partial charge on any atom is -0.303 e. The number of anilines is 1. The average Bonchev–Trinajstić information content (AvgIpc) is 2.98. The quantitative estimate of drug-likeness (QED) is 0.470. The van der Waals surface area contributed by atoms with E-state index in [-0.39, 0.29) is 16.8 Å². The highest BCUT2D eigenvalue weighted by Crippen LogP contribution is 2.11. The van der Waals surface area contributed by atoms with Crippen molar-refractivity contribution in [3.63, 3.8) is 0 Å². The van der Waals surface area contributed by atoms with Crippen LogP contribution in [0.2, 0.25) is 0 Å². The summed E-state index contributed by atoms with van der Waals surface area (Å²) < 4.78 is 26.8. The van der Waals surface area contributed by atoms with Gasteiger partial charge in [0.2, 0.25) is 16.0 Å². The largest absolute Gasteiger partial charge is 0.303 e. The van der Waals surface area contributed by atoms with Gasteiger partial charge in [-0.1, -0.05) is 6.92 Å². The Hall–Kier alpha value is -1.29. The second kappa shape index (κ2) is 7.12. The Morgan fingerprint density at radius 3 is 2.52 bits per heavy atom. The van der Waals surface area contributed by atoms with E-state index >= 15 is 0 Å². The molecule has 2 heterocycles. The molecule has 8 nitrogen and oxygen atoms in total. The molecule has 0 aromatic carbocycles. The number of nitrogens with zero attached hydrogens (tertiary/aromatic N) is 3. The van der Waals surface area contributed by atoms with Gasteiger partial charge in [0.05, 0.1) is 12.4 Å². The van der Waals surface area contributed by atoms with Gasteiger partial charge in [0, 0.05) is 13.1 Å². The van der Waals surface area contributed by atoms with E-state index in [0.717, 1.165) is 19.6 Å². The number of nitrogens with two attached hydrogens (primary N) is 1. The Morgan fingerprint density at radius 1 is 1.33 bits per heavy atom. The van der Waals surface area contributed by atoms with E-state index in [1.54, 1.807) is 0 Å². The predicted octanol–water partition coefficient (Wildman–Crippen LogP) is -0.228. The SMILES string of the molecule is CC(CNS(=O)(=O)c1cnc(NN)nc1)CN1CCCC1. The lowest BCUT2D eigenvalue weighted by Crippen LogP contribution is -2.34. The van der Waals surface area contributed by atoms with Gasteiger partial charge in [0.25, 0.3) is 0 Å². The topological polar surface area (TPSA) is 113 Å². The van der Waals surface area contributed by atoms with Crippen LogP contribution in [0.3, 0.4) is 0 Å². The minimum absolute atomic E-state index is 0.0369. The molecule has 1 fully saturated rings. The van der Waals surface area contributed by atoms with Crippen LogP contribution in [0, 0.1) is 5.92 Å². The van der Waals surface area contributed by atoms with Crippen molar-refractivity contribution in [3.05, 3.63) is 12.4 Å². The van der Waals surface area contributed by atoms with Crippen molar-refractivity contribution < 1.29 is 8.42 Å². The van der Waals surface area contributed by atoms with Crippen molar-refractivity contribution >= 4 is 16.0 Å². The van der Waals surface area contributed by atoms with Gasteiger partial charge in [-0.05, 0) is 31.8 Å². The summed E-state index contributed by atoms with van der Waals surface area (Å²) in [6.45, 7) is 5.57. The van der Waals surface area contributed by atoms with Crippen molar-refractivity contribution in [2.45, 2.75) is 24.7 Å². The molecule has 0 radical (unpaired) electrons. The molecule has 1 aromatic rings. The Kier molecular flexibility index (Phi) is 5.45. The summed E-state index contributed by atoms with van der Waals surface area (Å²) in [5.74, 6) is 5.57. The lowest BCUT2D eigenvalue weighted by atomic mass is 10.2. The minimum atomic E-state index is -3.58. The van der Waals surface area contributed by atoms with Crippen LogP contribution >= 0.6 is 0 Å². The molecule has 0 bridgehead atoms. The molecule has 1 aliphatic heterocycles. The van der Waals surface area contributed by atoms with Gasteiger partial charge in [-0.3, -0.25) is 5.43 Å². The van der Waals surface area contributed by atoms with Crippen LogP contribution in [-0.4, -0.2) is 49.5 Å². The fourth-order valence-electron chi connectivity index (χ4n) is 2.34. The zero-order valence-electron chi connectivity index (χ0n) is 12.1. The maximum atomic E-state index is 12.1. The van der Waals surface area contributed by atoms with Crippen LogP contribution < -0.4 is 16.0 Å². The summed E-state index contributed by atoms with van der Waals surface area (Å²) in [5.41, 5.74) is 2.25. The summed E-state index contributed by atoms with van der Waals surface area (Å²) in [4.78, 5) is 10.0. The van der Waals surface area contributed by atoms with Crippen LogP contribution in [-0.2, 0) is 10.0 Å². The zero-order valence-corrected chi connectivity index (χ0v) is 12.9. The van der Waals surface area contributed by atoms with Crippen molar-refractivity contribution in [3.8, 4) is 0 Å². The molecule has 0 spiro atoms. The van der Waals surface area contributed by atoms with Crippen molar-refractivity contribution in [2.24, 2.45) is 11.8 Å². The van der Waals surface area contributed by atoms with Gasteiger partial charge in [-0.15, -0.1) is 0 Å². The molecule has 1 saturated heterocycles. The maximum absolute atomic E-state index is 12.1. The molecule has 1 aromatic heterocycles. The van der Waals surface area contributed by atoms with Crippen LogP contribution in [0.4, 0.5) is 5.95 Å². The molecule has 1 atom stereocenters. The average molecular weight is 314 g/mol.